The number of hydrogen-bond donors (Lipinski definition) is 1. The SMILES string of the molecule is Cc1cc(=O)n(Cc2c(N)cccc2Br)cn1. The number of nitrogens with two attached hydrogens (primary N) is 1. The molecule has 0 saturated carbocycles. The largest absolute Gasteiger partial charge is 0.398 e. The van der Waals surface area contributed by atoms with Crippen molar-refractivity contribution < 1.29 is 0 Å². The zero-order chi connectivity index (χ0) is 12.4. The number of hydrogen-bond acceptors (Lipinski definition) is 3. The van der Waals surface area contributed by atoms with Gasteiger partial charge in [0.15, 0.2) is 0 Å². The quantitative estimate of drug-likeness (QED) is 0.861. The predicted molar refractivity (Wildman–Crippen MR) is 70.9 cm³/mol. The summed E-state index contributed by atoms with van der Waals surface area (Å²) in [6.07, 6.45) is 1.54. The van der Waals surface area contributed by atoms with E-state index in [4.69, 9.17) is 5.73 Å². The highest BCUT2D eigenvalue weighted by Crippen LogP contribution is 2.22. The van der Waals surface area contributed by atoms with Gasteiger partial charge in [-0.1, -0.05) is 22.0 Å². The maximum Gasteiger partial charge on any atom is 0.253 e. The smallest absolute Gasteiger partial charge is 0.253 e. The Balaban J connectivity index is 2.42. The minimum atomic E-state index is -0.0762. The van der Waals surface area contributed by atoms with Crippen LogP contribution in [0.4, 0.5) is 5.69 Å². The molecule has 0 bridgehead atoms. The molecule has 0 aliphatic rings. The molecular formula is C12H12BrN3O. The first-order valence-electron chi connectivity index (χ1n) is 5.14. The number of aryl methyl sites for hydroxylation is 1. The van der Waals surface area contributed by atoms with Gasteiger partial charge in [-0.25, -0.2) is 4.98 Å². The average Bonchev–Trinajstić information content (AvgIpc) is 2.26. The first-order chi connectivity index (χ1) is 8.08. The van der Waals surface area contributed by atoms with Gasteiger partial charge in [0.1, 0.15) is 0 Å². The fourth-order valence-electron chi connectivity index (χ4n) is 1.55. The Labute approximate surface area is 107 Å². The van der Waals surface area contributed by atoms with Crippen molar-refractivity contribution in [2.45, 2.75) is 13.5 Å². The summed E-state index contributed by atoms with van der Waals surface area (Å²) >= 11 is 3.43. The topological polar surface area (TPSA) is 60.9 Å². The van der Waals surface area contributed by atoms with Gasteiger partial charge in [-0.3, -0.25) is 9.36 Å². The number of benzene rings is 1. The summed E-state index contributed by atoms with van der Waals surface area (Å²) in [5, 5.41) is 0. The van der Waals surface area contributed by atoms with Crippen LogP contribution >= 0.6 is 15.9 Å². The average molecular weight is 294 g/mol. The van der Waals surface area contributed by atoms with Crippen molar-refractivity contribution in [3.63, 3.8) is 0 Å². The van der Waals surface area contributed by atoms with Crippen molar-refractivity contribution in [3.8, 4) is 0 Å². The molecule has 0 atom stereocenters. The van der Waals surface area contributed by atoms with E-state index in [0.717, 1.165) is 10.0 Å². The lowest BCUT2D eigenvalue weighted by Gasteiger charge is -2.10. The summed E-state index contributed by atoms with van der Waals surface area (Å²) in [5.74, 6) is 0. The van der Waals surface area contributed by atoms with Gasteiger partial charge < -0.3 is 5.73 Å². The molecule has 5 heteroatoms. The number of halogens is 1. The Hall–Kier alpha value is -1.62. The van der Waals surface area contributed by atoms with E-state index in [1.54, 1.807) is 6.92 Å². The van der Waals surface area contributed by atoms with E-state index in [-0.39, 0.29) is 5.56 Å². The number of aromatic nitrogens is 2. The van der Waals surface area contributed by atoms with Crippen LogP contribution in [0.1, 0.15) is 11.3 Å². The molecular weight excluding hydrogens is 282 g/mol. The maximum absolute atomic E-state index is 11.7. The Morgan fingerprint density at radius 3 is 2.88 bits per heavy atom. The third-order valence-corrected chi connectivity index (χ3v) is 3.24. The Bertz CT molecular complexity index is 587. The second kappa shape index (κ2) is 4.71. The van der Waals surface area contributed by atoms with Crippen LogP contribution in [0.2, 0.25) is 0 Å². The molecule has 17 heavy (non-hydrogen) atoms. The normalized spacial score (nSPS) is 10.5. The van der Waals surface area contributed by atoms with E-state index in [1.165, 1.54) is 17.0 Å². The molecule has 1 aromatic carbocycles. The van der Waals surface area contributed by atoms with Crippen molar-refractivity contribution in [1.29, 1.82) is 0 Å². The zero-order valence-corrected chi connectivity index (χ0v) is 10.9. The Morgan fingerprint density at radius 1 is 1.47 bits per heavy atom. The van der Waals surface area contributed by atoms with Gasteiger partial charge in [0, 0.05) is 27.5 Å². The molecule has 2 N–H and O–H groups in total. The van der Waals surface area contributed by atoms with E-state index in [9.17, 15) is 4.79 Å². The molecule has 1 aromatic heterocycles. The van der Waals surface area contributed by atoms with Crippen LogP contribution in [-0.4, -0.2) is 9.55 Å². The van der Waals surface area contributed by atoms with Gasteiger partial charge in [0.2, 0.25) is 0 Å². The molecule has 0 aliphatic heterocycles. The maximum atomic E-state index is 11.7. The van der Waals surface area contributed by atoms with Crippen LogP contribution in [0, 0.1) is 6.92 Å². The molecule has 0 spiro atoms. The van der Waals surface area contributed by atoms with Crippen molar-refractivity contribution in [3.05, 3.63) is 56.7 Å². The third-order valence-electron chi connectivity index (χ3n) is 2.50. The van der Waals surface area contributed by atoms with E-state index in [2.05, 4.69) is 20.9 Å². The van der Waals surface area contributed by atoms with E-state index in [1.807, 2.05) is 18.2 Å². The van der Waals surface area contributed by atoms with Crippen molar-refractivity contribution in [2.24, 2.45) is 0 Å². The highest BCUT2D eigenvalue weighted by molar-refractivity contribution is 9.10. The fourth-order valence-corrected chi connectivity index (χ4v) is 2.05. The zero-order valence-electron chi connectivity index (χ0n) is 9.35. The Morgan fingerprint density at radius 2 is 2.24 bits per heavy atom. The minimum absolute atomic E-state index is 0.0762. The van der Waals surface area contributed by atoms with Gasteiger partial charge in [-0.15, -0.1) is 0 Å². The number of nitrogen functional groups attached to an aromatic ring is 1. The molecule has 4 nitrogen and oxygen atoms in total. The summed E-state index contributed by atoms with van der Waals surface area (Å²) in [6, 6.07) is 7.08. The van der Waals surface area contributed by atoms with Crippen LogP contribution in [0.5, 0.6) is 0 Å². The van der Waals surface area contributed by atoms with E-state index >= 15 is 0 Å². The molecule has 88 valence electrons. The number of nitrogens with zero attached hydrogens (tertiary/aromatic N) is 2. The van der Waals surface area contributed by atoms with Crippen molar-refractivity contribution >= 4 is 21.6 Å². The first kappa shape index (κ1) is 11.9. The summed E-state index contributed by atoms with van der Waals surface area (Å²) < 4.78 is 2.42. The van der Waals surface area contributed by atoms with Gasteiger partial charge >= 0.3 is 0 Å². The lowest BCUT2D eigenvalue weighted by atomic mass is 10.2. The molecule has 0 unspecified atom stereocenters. The highest BCUT2D eigenvalue weighted by Gasteiger charge is 2.06. The summed E-state index contributed by atoms with van der Waals surface area (Å²) in [4.78, 5) is 15.8. The third kappa shape index (κ3) is 2.55. The van der Waals surface area contributed by atoms with Crippen LogP contribution < -0.4 is 11.3 Å². The second-order valence-corrected chi connectivity index (χ2v) is 4.66. The Kier molecular flexibility index (Phi) is 3.28. The van der Waals surface area contributed by atoms with E-state index in [0.29, 0.717) is 17.9 Å². The van der Waals surface area contributed by atoms with Gasteiger partial charge in [-0.2, -0.15) is 0 Å². The molecule has 1 heterocycles. The summed E-state index contributed by atoms with van der Waals surface area (Å²) in [6.45, 7) is 2.21. The molecule has 0 fully saturated rings. The molecule has 0 radical (unpaired) electrons. The van der Waals surface area contributed by atoms with Gasteiger partial charge in [0.05, 0.1) is 12.9 Å². The summed E-state index contributed by atoms with van der Waals surface area (Å²) in [5.41, 5.74) is 8.07. The van der Waals surface area contributed by atoms with Crippen LogP contribution in [-0.2, 0) is 6.54 Å². The van der Waals surface area contributed by atoms with Crippen LogP contribution in [0.15, 0.2) is 39.9 Å². The van der Waals surface area contributed by atoms with Crippen LogP contribution in [0.3, 0.4) is 0 Å². The molecule has 0 saturated heterocycles. The standard InChI is InChI=1S/C12H12BrN3O/c1-8-5-12(17)16(7-15-8)6-9-10(13)3-2-4-11(9)14/h2-5,7H,6,14H2,1H3. The lowest BCUT2D eigenvalue weighted by molar-refractivity contribution is 0.729. The molecule has 0 aliphatic carbocycles. The van der Waals surface area contributed by atoms with Gasteiger partial charge in [0.25, 0.3) is 5.56 Å². The minimum Gasteiger partial charge on any atom is -0.398 e. The van der Waals surface area contributed by atoms with Gasteiger partial charge in [-0.05, 0) is 19.1 Å². The molecule has 0 amide bonds. The number of rotatable bonds is 2. The summed E-state index contributed by atoms with van der Waals surface area (Å²) in [7, 11) is 0. The predicted octanol–water partition coefficient (Wildman–Crippen LogP) is 1.94. The number of anilines is 1. The molecule has 2 aromatic rings. The van der Waals surface area contributed by atoms with Crippen LogP contribution in [0.25, 0.3) is 0 Å². The van der Waals surface area contributed by atoms with Crippen molar-refractivity contribution in [2.75, 3.05) is 5.73 Å². The first-order valence-corrected chi connectivity index (χ1v) is 5.93. The fraction of sp³-hybridized carbons (Fsp3) is 0.167. The van der Waals surface area contributed by atoms with E-state index < -0.39 is 0 Å². The molecule has 2 rings (SSSR count). The van der Waals surface area contributed by atoms with Crippen molar-refractivity contribution in [1.82, 2.24) is 9.55 Å². The monoisotopic (exact) mass is 293 g/mol. The second-order valence-electron chi connectivity index (χ2n) is 3.80. The highest BCUT2D eigenvalue weighted by atomic mass is 79.9. The lowest BCUT2D eigenvalue weighted by Crippen LogP contribution is -2.21.